The van der Waals surface area contributed by atoms with Crippen LogP contribution >= 0.6 is 12.2 Å². The maximum absolute atomic E-state index is 12.8. The van der Waals surface area contributed by atoms with Crippen LogP contribution in [0.15, 0.2) is 48.5 Å². The van der Waals surface area contributed by atoms with E-state index in [9.17, 15) is 9.18 Å². The number of ether oxygens (including phenoxy) is 1. The number of aromatic nitrogens is 3. The summed E-state index contributed by atoms with van der Waals surface area (Å²) in [6, 6.07) is 13.7. The number of hydrogen-bond donors (Lipinski definition) is 2. The zero-order chi connectivity index (χ0) is 19.9. The maximum Gasteiger partial charge on any atom is 0.240 e. The fourth-order valence-electron chi connectivity index (χ4n) is 2.61. The van der Waals surface area contributed by atoms with Gasteiger partial charge in [-0.1, -0.05) is 29.8 Å². The number of hydrogen-bond acceptors (Lipinski definition) is 4. The van der Waals surface area contributed by atoms with Gasteiger partial charge in [0, 0.05) is 12.1 Å². The Morgan fingerprint density at radius 2 is 1.93 bits per heavy atom. The second-order valence-corrected chi connectivity index (χ2v) is 6.70. The van der Waals surface area contributed by atoms with Gasteiger partial charge in [0.25, 0.3) is 0 Å². The van der Waals surface area contributed by atoms with E-state index in [1.54, 1.807) is 16.7 Å². The van der Waals surface area contributed by atoms with Crippen LogP contribution in [0.1, 0.15) is 12.0 Å². The smallest absolute Gasteiger partial charge is 0.240 e. The van der Waals surface area contributed by atoms with E-state index in [-0.39, 0.29) is 18.3 Å². The summed E-state index contributed by atoms with van der Waals surface area (Å²) in [6.07, 6.45) is 0.630. The van der Waals surface area contributed by atoms with Crippen molar-refractivity contribution in [1.82, 2.24) is 20.1 Å². The van der Waals surface area contributed by atoms with Crippen LogP contribution in [0.4, 0.5) is 4.39 Å². The summed E-state index contributed by atoms with van der Waals surface area (Å²) in [5.74, 6) is 0.759. The molecule has 2 aromatic carbocycles. The summed E-state index contributed by atoms with van der Waals surface area (Å²) in [7, 11) is 0. The van der Waals surface area contributed by atoms with Gasteiger partial charge in [0.15, 0.2) is 10.6 Å². The second-order valence-electron chi connectivity index (χ2n) is 6.31. The van der Waals surface area contributed by atoms with Crippen LogP contribution in [0, 0.1) is 17.5 Å². The van der Waals surface area contributed by atoms with Crippen molar-refractivity contribution < 1.29 is 13.9 Å². The molecule has 0 bridgehead atoms. The third-order valence-electron chi connectivity index (χ3n) is 4.10. The Labute approximate surface area is 167 Å². The zero-order valence-electron chi connectivity index (χ0n) is 15.4. The van der Waals surface area contributed by atoms with Gasteiger partial charge in [0.2, 0.25) is 5.91 Å². The summed E-state index contributed by atoms with van der Waals surface area (Å²) < 4.78 is 20.4. The molecule has 0 atom stereocenters. The normalized spacial score (nSPS) is 10.6. The first-order valence-electron chi connectivity index (χ1n) is 8.90. The van der Waals surface area contributed by atoms with Crippen LogP contribution in [-0.4, -0.2) is 33.8 Å². The molecule has 2 N–H and O–H groups in total. The van der Waals surface area contributed by atoms with Crippen LogP contribution in [0.25, 0.3) is 11.4 Å². The molecule has 0 unspecified atom stereocenters. The molecule has 6 nitrogen and oxygen atoms in total. The minimum absolute atomic E-state index is 0.0807. The van der Waals surface area contributed by atoms with Gasteiger partial charge in [0.1, 0.15) is 18.1 Å². The molecular weight excluding hydrogens is 379 g/mol. The molecule has 0 saturated carbocycles. The predicted molar refractivity (Wildman–Crippen MR) is 107 cm³/mol. The molecule has 3 rings (SSSR count). The Bertz CT molecular complexity index is 981. The number of aryl methyl sites for hydroxylation is 1. The number of nitrogens with one attached hydrogen (secondary N) is 2. The number of H-pyrrole nitrogens is 1. The minimum Gasteiger partial charge on any atom is -0.494 e. The average molecular weight is 400 g/mol. The van der Waals surface area contributed by atoms with E-state index in [1.165, 1.54) is 12.1 Å². The lowest BCUT2D eigenvalue weighted by atomic mass is 10.1. The summed E-state index contributed by atoms with van der Waals surface area (Å²) in [4.78, 5) is 12.3. The highest BCUT2D eigenvalue weighted by Crippen LogP contribution is 2.17. The fraction of sp³-hybridized carbons (Fsp3) is 0.250. The van der Waals surface area contributed by atoms with Gasteiger partial charge in [-0.2, -0.15) is 5.10 Å². The highest BCUT2D eigenvalue weighted by atomic mass is 32.1. The van der Waals surface area contributed by atoms with Gasteiger partial charge in [-0.15, -0.1) is 0 Å². The summed E-state index contributed by atoms with van der Waals surface area (Å²) in [6.45, 7) is 2.97. The molecule has 0 spiro atoms. The van der Waals surface area contributed by atoms with Crippen molar-refractivity contribution >= 4 is 18.1 Å². The number of nitrogens with zero attached hydrogens (tertiary/aromatic N) is 2. The first-order chi connectivity index (χ1) is 13.5. The second kappa shape index (κ2) is 9.27. The van der Waals surface area contributed by atoms with Crippen LogP contribution in [0.2, 0.25) is 0 Å². The van der Waals surface area contributed by atoms with E-state index in [0.29, 0.717) is 35.9 Å². The van der Waals surface area contributed by atoms with Gasteiger partial charge < -0.3 is 10.1 Å². The van der Waals surface area contributed by atoms with E-state index in [2.05, 4.69) is 15.5 Å². The number of halogens is 1. The summed E-state index contributed by atoms with van der Waals surface area (Å²) in [5.41, 5.74) is 2.03. The van der Waals surface area contributed by atoms with Crippen molar-refractivity contribution in [3.8, 4) is 17.1 Å². The molecule has 28 heavy (non-hydrogen) atoms. The maximum atomic E-state index is 12.8. The lowest BCUT2D eigenvalue weighted by Gasteiger charge is -2.09. The Hall–Kier alpha value is -3.00. The molecule has 1 heterocycles. The number of aromatic amines is 1. The van der Waals surface area contributed by atoms with E-state index in [4.69, 9.17) is 17.0 Å². The van der Waals surface area contributed by atoms with Crippen molar-refractivity contribution in [2.24, 2.45) is 0 Å². The molecule has 0 aliphatic heterocycles. The minimum atomic E-state index is -0.303. The third-order valence-corrected chi connectivity index (χ3v) is 4.41. The van der Waals surface area contributed by atoms with Crippen molar-refractivity contribution in [2.45, 2.75) is 19.9 Å². The van der Waals surface area contributed by atoms with Gasteiger partial charge in [-0.05, 0) is 49.8 Å². The third kappa shape index (κ3) is 5.26. The van der Waals surface area contributed by atoms with Gasteiger partial charge in [0.05, 0.1) is 6.61 Å². The number of amides is 1. The molecule has 0 radical (unpaired) electrons. The average Bonchev–Trinajstić information content (AvgIpc) is 3.04. The van der Waals surface area contributed by atoms with E-state index < -0.39 is 0 Å². The topological polar surface area (TPSA) is 71.9 Å². The monoisotopic (exact) mass is 400 g/mol. The van der Waals surface area contributed by atoms with Crippen LogP contribution < -0.4 is 10.1 Å². The molecule has 8 heteroatoms. The first-order valence-corrected chi connectivity index (χ1v) is 9.31. The number of carbonyl (C=O) groups excluding carboxylic acids is 1. The van der Waals surface area contributed by atoms with Crippen LogP contribution in [0.5, 0.6) is 5.75 Å². The Morgan fingerprint density at radius 1 is 1.21 bits per heavy atom. The molecular formula is C20H21FN4O2S. The standard InChI is InChI=1S/C20H21FN4O2S/c1-14-3-5-15(6-4-14)19-23-24-20(28)25(19)13-18(26)22-11-2-12-27-17-9-7-16(21)8-10-17/h3-10H,2,11-13H2,1H3,(H,22,26)(H,24,28). The molecule has 0 saturated heterocycles. The lowest BCUT2D eigenvalue weighted by molar-refractivity contribution is -0.121. The van der Waals surface area contributed by atoms with Crippen LogP contribution in [0.3, 0.4) is 0 Å². The van der Waals surface area contributed by atoms with Crippen molar-refractivity contribution in [2.75, 3.05) is 13.2 Å². The number of benzene rings is 2. The highest BCUT2D eigenvalue weighted by molar-refractivity contribution is 7.71. The molecule has 1 aromatic heterocycles. The van der Waals surface area contributed by atoms with Crippen molar-refractivity contribution in [1.29, 1.82) is 0 Å². The van der Waals surface area contributed by atoms with Crippen molar-refractivity contribution in [3.05, 3.63) is 64.7 Å². The van der Waals surface area contributed by atoms with Gasteiger partial charge in [-0.3, -0.25) is 14.5 Å². The molecule has 0 aliphatic rings. The van der Waals surface area contributed by atoms with E-state index in [0.717, 1.165) is 11.1 Å². The quantitative estimate of drug-likeness (QED) is 0.447. The molecule has 0 aliphatic carbocycles. The van der Waals surface area contributed by atoms with Gasteiger partial charge >= 0.3 is 0 Å². The lowest BCUT2D eigenvalue weighted by Crippen LogP contribution is -2.29. The SMILES string of the molecule is Cc1ccc(-c2n[nH]c(=S)n2CC(=O)NCCCOc2ccc(F)cc2)cc1. The molecule has 3 aromatic rings. The highest BCUT2D eigenvalue weighted by Gasteiger charge is 2.12. The molecule has 0 fully saturated rings. The summed E-state index contributed by atoms with van der Waals surface area (Å²) in [5, 5.41) is 9.82. The van der Waals surface area contributed by atoms with Gasteiger partial charge in [-0.25, -0.2) is 4.39 Å². The largest absolute Gasteiger partial charge is 0.494 e. The molecule has 1 amide bonds. The number of rotatable bonds is 8. The van der Waals surface area contributed by atoms with E-state index in [1.807, 2.05) is 31.2 Å². The Kier molecular flexibility index (Phi) is 6.54. The zero-order valence-corrected chi connectivity index (χ0v) is 16.3. The van der Waals surface area contributed by atoms with Crippen LogP contribution in [-0.2, 0) is 11.3 Å². The predicted octanol–water partition coefficient (Wildman–Crippen LogP) is 3.64. The Morgan fingerprint density at radius 3 is 2.64 bits per heavy atom. The fourth-order valence-corrected chi connectivity index (χ4v) is 2.80. The first kappa shape index (κ1) is 19.8. The summed E-state index contributed by atoms with van der Waals surface area (Å²) >= 11 is 5.25. The van der Waals surface area contributed by atoms with E-state index >= 15 is 0 Å². The number of carbonyl (C=O) groups is 1. The molecule has 146 valence electrons. The van der Waals surface area contributed by atoms with Crippen molar-refractivity contribution in [3.63, 3.8) is 0 Å². The Balaban J connectivity index is 1.48.